The Morgan fingerprint density at radius 1 is 1.31 bits per heavy atom. The summed E-state index contributed by atoms with van der Waals surface area (Å²) in [7, 11) is 0. The van der Waals surface area contributed by atoms with Gasteiger partial charge in [-0.25, -0.2) is 19.7 Å². The van der Waals surface area contributed by atoms with Gasteiger partial charge in [-0.2, -0.15) is 0 Å². The van der Waals surface area contributed by atoms with E-state index < -0.39 is 5.97 Å². The van der Waals surface area contributed by atoms with Gasteiger partial charge in [-0.05, 0) is 32.4 Å². The van der Waals surface area contributed by atoms with E-state index >= 15 is 0 Å². The monoisotopic (exact) mass is 426 g/mol. The fourth-order valence-electron chi connectivity index (χ4n) is 3.04. The highest BCUT2D eigenvalue weighted by molar-refractivity contribution is 7.99. The van der Waals surface area contributed by atoms with Crippen molar-refractivity contribution in [1.29, 1.82) is 0 Å². The van der Waals surface area contributed by atoms with E-state index in [4.69, 9.17) is 4.74 Å². The molecule has 0 aliphatic heterocycles. The Hall–Kier alpha value is -2.78. The molecule has 1 aromatic carbocycles. The SMILES string of the molecule is CCOC(=O)c1sc2nc(C(C)Sc3ncnc4ccccc34)[nH]c(=O)c2c1C. The van der Waals surface area contributed by atoms with Crippen molar-refractivity contribution < 1.29 is 9.53 Å². The Morgan fingerprint density at radius 2 is 2.10 bits per heavy atom. The van der Waals surface area contributed by atoms with Gasteiger partial charge in [0.25, 0.3) is 5.56 Å². The van der Waals surface area contributed by atoms with Crippen LogP contribution in [0.5, 0.6) is 0 Å². The number of ether oxygens (including phenoxy) is 1. The number of para-hydroxylation sites is 1. The van der Waals surface area contributed by atoms with Crippen molar-refractivity contribution in [2.24, 2.45) is 0 Å². The second-order valence-corrected chi connectivity index (χ2v) is 8.69. The van der Waals surface area contributed by atoms with Crippen molar-refractivity contribution in [3.8, 4) is 0 Å². The number of nitrogens with one attached hydrogen (secondary N) is 1. The van der Waals surface area contributed by atoms with Crippen LogP contribution in [-0.4, -0.2) is 32.5 Å². The zero-order chi connectivity index (χ0) is 20.5. The minimum absolute atomic E-state index is 0.154. The maximum absolute atomic E-state index is 12.7. The highest BCUT2D eigenvalue weighted by Crippen LogP contribution is 2.36. The van der Waals surface area contributed by atoms with Crippen molar-refractivity contribution in [3.05, 3.63) is 57.2 Å². The maximum atomic E-state index is 12.7. The smallest absolute Gasteiger partial charge is 0.348 e. The minimum Gasteiger partial charge on any atom is -0.462 e. The third-order valence-corrected chi connectivity index (χ3v) is 6.75. The minimum atomic E-state index is -0.427. The molecule has 0 saturated heterocycles. The second kappa shape index (κ2) is 7.92. The highest BCUT2D eigenvalue weighted by Gasteiger charge is 2.22. The molecular weight excluding hydrogens is 408 g/mol. The molecule has 9 heteroatoms. The first-order valence-electron chi connectivity index (χ1n) is 9.06. The predicted molar refractivity (Wildman–Crippen MR) is 115 cm³/mol. The summed E-state index contributed by atoms with van der Waals surface area (Å²) in [6, 6.07) is 7.78. The molecule has 148 valence electrons. The number of aromatic nitrogens is 4. The summed E-state index contributed by atoms with van der Waals surface area (Å²) in [5.41, 5.74) is 1.21. The number of aryl methyl sites for hydroxylation is 1. The second-order valence-electron chi connectivity index (χ2n) is 6.36. The number of esters is 1. The lowest BCUT2D eigenvalue weighted by molar-refractivity contribution is 0.0531. The molecule has 1 N–H and O–H groups in total. The molecule has 0 radical (unpaired) electrons. The number of thioether (sulfide) groups is 1. The maximum Gasteiger partial charge on any atom is 0.348 e. The molecule has 4 aromatic rings. The number of aromatic amines is 1. The Balaban J connectivity index is 1.72. The quantitative estimate of drug-likeness (QED) is 0.289. The number of nitrogens with zero attached hydrogens (tertiary/aromatic N) is 3. The summed E-state index contributed by atoms with van der Waals surface area (Å²) in [5.74, 6) is 0.107. The molecule has 1 unspecified atom stereocenters. The van der Waals surface area contributed by atoms with Gasteiger partial charge in [-0.15, -0.1) is 11.3 Å². The Labute approximate surface area is 174 Å². The molecule has 1 atom stereocenters. The number of fused-ring (bicyclic) bond motifs is 2. The molecule has 3 heterocycles. The number of H-pyrrole nitrogens is 1. The van der Waals surface area contributed by atoms with Gasteiger partial charge in [0.15, 0.2) is 0 Å². The van der Waals surface area contributed by atoms with Gasteiger partial charge in [-0.1, -0.05) is 30.0 Å². The van der Waals surface area contributed by atoms with Gasteiger partial charge >= 0.3 is 5.97 Å². The molecule has 0 fully saturated rings. The van der Waals surface area contributed by atoms with Crippen LogP contribution >= 0.6 is 23.1 Å². The number of hydrogen-bond acceptors (Lipinski definition) is 8. The van der Waals surface area contributed by atoms with Crippen molar-refractivity contribution in [2.45, 2.75) is 31.0 Å². The van der Waals surface area contributed by atoms with E-state index in [-0.39, 0.29) is 17.4 Å². The molecular formula is C20H18N4O3S2. The first-order valence-corrected chi connectivity index (χ1v) is 10.8. The molecule has 0 saturated carbocycles. The van der Waals surface area contributed by atoms with Crippen LogP contribution in [0.2, 0.25) is 0 Å². The number of benzene rings is 1. The van der Waals surface area contributed by atoms with Gasteiger partial charge in [0.05, 0.1) is 22.8 Å². The summed E-state index contributed by atoms with van der Waals surface area (Å²) >= 11 is 2.68. The van der Waals surface area contributed by atoms with Gasteiger partial charge < -0.3 is 9.72 Å². The molecule has 3 aromatic heterocycles. The molecule has 7 nitrogen and oxygen atoms in total. The lowest BCUT2D eigenvalue weighted by Crippen LogP contribution is -2.13. The van der Waals surface area contributed by atoms with Crippen LogP contribution in [-0.2, 0) is 4.74 Å². The van der Waals surface area contributed by atoms with Crippen LogP contribution in [0.25, 0.3) is 21.1 Å². The van der Waals surface area contributed by atoms with Crippen LogP contribution in [0.15, 0.2) is 40.4 Å². The van der Waals surface area contributed by atoms with E-state index in [1.165, 1.54) is 29.4 Å². The first kappa shape index (κ1) is 19.5. The molecule has 0 spiro atoms. The highest BCUT2D eigenvalue weighted by atomic mass is 32.2. The Morgan fingerprint density at radius 3 is 2.90 bits per heavy atom. The lowest BCUT2D eigenvalue weighted by atomic mass is 10.2. The average Bonchev–Trinajstić information content (AvgIpc) is 3.05. The summed E-state index contributed by atoms with van der Waals surface area (Å²) in [4.78, 5) is 42.0. The summed E-state index contributed by atoms with van der Waals surface area (Å²) in [6.45, 7) is 5.73. The van der Waals surface area contributed by atoms with Crippen molar-refractivity contribution in [3.63, 3.8) is 0 Å². The van der Waals surface area contributed by atoms with Gasteiger partial charge in [0.2, 0.25) is 0 Å². The van der Waals surface area contributed by atoms with Crippen molar-refractivity contribution in [1.82, 2.24) is 19.9 Å². The zero-order valence-corrected chi connectivity index (χ0v) is 17.7. The average molecular weight is 427 g/mol. The van der Waals surface area contributed by atoms with Gasteiger partial charge in [-0.3, -0.25) is 4.79 Å². The molecule has 29 heavy (non-hydrogen) atoms. The fourth-order valence-corrected chi connectivity index (χ4v) is 5.09. The largest absolute Gasteiger partial charge is 0.462 e. The third-order valence-electron chi connectivity index (χ3n) is 4.46. The third kappa shape index (κ3) is 3.63. The van der Waals surface area contributed by atoms with Crippen LogP contribution in [0.1, 0.15) is 40.2 Å². The molecule has 4 rings (SSSR count). The van der Waals surface area contributed by atoms with Gasteiger partial charge in [0.1, 0.15) is 26.9 Å². The molecule has 0 aliphatic carbocycles. The molecule has 0 bridgehead atoms. The normalized spacial score (nSPS) is 12.4. The summed E-state index contributed by atoms with van der Waals surface area (Å²) in [6.07, 6.45) is 1.53. The van der Waals surface area contributed by atoms with E-state index in [2.05, 4.69) is 19.9 Å². The number of carbonyl (C=O) groups is 1. The van der Waals surface area contributed by atoms with Crippen LogP contribution in [0.3, 0.4) is 0 Å². The van der Waals surface area contributed by atoms with Crippen LogP contribution in [0, 0.1) is 6.92 Å². The number of hydrogen-bond donors (Lipinski definition) is 1. The fraction of sp³-hybridized carbons (Fsp3) is 0.250. The predicted octanol–water partition coefficient (Wildman–Crippen LogP) is 4.27. The topological polar surface area (TPSA) is 97.8 Å². The summed E-state index contributed by atoms with van der Waals surface area (Å²) in [5, 5.41) is 2.05. The molecule has 0 amide bonds. The van der Waals surface area contributed by atoms with Crippen molar-refractivity contribution >= 4 is 50.2 Å². The van der Waals surface area contributed by atoms with Gasteiger partial charge in [0, 0.05) is 5.39 Å². The summed E-state index contributed by atoms with van der Waals surface area (Å²) < 4.78 is 5.09. The van der Waals surface area contributed by atoms with E-state index in [0.29, 0.717) is 26.5 Å². The van der Waals surface area contributed by atoms with E-state index in [0.717, 1.165) is 15.9 Å². The zero-order valence-electron chi connectivity index (χ0n) is 16.1. The van der Waals surface area contributed by atoms with E-state index in [1.807, 2.05) is 31.2 Å². The first-order chi connectivity index (χ1) is 14.0. The number of thiophene rings is 1. The standard InChI is InChI=1S/C20H18N4O3S2/c1-4-27-20(26)15-10(2)14-17(25)23-16(24-19(14)29-15)11(3)28-18-12-7-5-6-8-13(12)21-9-22-18/h5-9,11H,4H2,1-3H3,(H,23,24,25). The lowest BCUT2D eigenvalue weighted by Gasteiger charge is -2.11. The van der Waals surface area contributed by atoms with Crippen molar-refractivity contribution in [2.75, 3.05) is 6.61 Å². The van der Waals surface area contributed by atoms with E-state index in [1.54, 1.807) is 13.8 Å². The van der Waals surface area contributed by atoms with E-state index in [9.17, 15) is 9.59 Å². The Bertz CT molecular complexity index is 1280. The molecule has 0 aliphatic rings. The van der Waals surface area contributed by atoms with Crippen LogP contribution in [0.4, 0.5) is 0 Å². The number of carbonyl (C=O) groups excluding carboxylic acids is 1. The Kier molecular flexibility index (Phi) is 5.33. The number of rotatable bonds is 5. The van der Waals surface area contributed by atoms with Crippen LogP contribution < -0.4 is 5.56 Å².